The highest BCUT2D eigenvalue weighted by molar-refractivity contribution is 7.19. The monoisotopic (exact) mass is 417 g/mol. The summed E-state index contributed by atoms with van der Waals surface area (Å²) in [6.07, 6.45) is 1.96. The van der Waals surface area contributed by atoms with E-state index in [4.69, 9.17) is 0 Å². The van der Waals surface area contributed by atoms with E-state index in [0.717, 1.165) is 34.4 Å². The Morgan fingerprint density at radius 2 is 1.69 bits per heavy atom. The number of thiophene rings is 1. The molecule has 5 heteroatoms. The van der Waals surface area contributed by atoms with Crippen molar-refractivity contribution in [2.75, 3.05) is 19.6 Å². The van der Waals surface area contributed by atoms with Crippen LogP contribution in [0.1, 0.15) is 41.7 Å². The predicted molar refractivity (Wildman–Crippen MR) is 116 cm³/mol. The summed E-state index contributed by atoms with van der Waals surface area (Å²) < 4.78 is 39.8. The van der Waals surface area contributed by atoms with Gasteiger partial charge in [-0.3, -0.25) is 0 Å². The zero-order valence-corrected chi connectivity index (χ0v) is 17.5. The summed E-state index contributed by atoms with van der Waals surface area (Å²) in [6, 6.07) is 12.1. The number of likely N-dealkylation sites (tertiary alicyclic amines) is 1. The largest absolute Gasteiger partial charge is 0.416 e. The molecular formula is C24H26F3NS. The van der Waals surface area contributed by atoms with Gasteiger partial charge in [-0.15, -0.1) is 11.3 Å². The van der Waals surface area contributed by atoms with Gasteiger partial charge in [-0.1, -0.05) is 30.7 Å². The maximum absolute atomic E-state index is 12.9. The fraction of sp³-hybridized carbons (Fsp3) is 0.417. The van der Waals surface area contributed by atoms with E-state index in [1.807, 2.05) is 6.92 Å². The van der Waals surface area contributed by atoms with Crippen LogP contribution in [0.25, 0.3) is 21.2 Å². The van der Waals surface area contributed by atoms with E-state index >= 15 is 0 Å². The first kappa shape index (κ1) is 20.4. The van der Waals surface area contributed by atoms with Gasteiger partial charge in [0.15, 0.2) is 0 Å². The van der Waals surface area contributed by atoms with Gasteiger partial charge in [-0.2, -0.15) is 13.2 Å². The number of piperidine rings is 1. The number of benzene rings is 2. The molecule has 29 heavy (non-hydrogen) atoms. The number of aryl methyl sites for hydroxylation is 2. The number of hydrogen-bond acceptors (Lipinski definition) is 2. The highest BCUT2D eigenvalue weighted by Crippen LogP contribution is 2.40. The summed E-state index contributed by atoms with van der Waals surface area (Å²) in [5.41, 5.74) is 2.64. The fourth-order valence-electron chi connectivity index (χ4n) is 4.29. The minimum absolute atomic E-state index is 0.602. The van der Waals surface area contributed by atoms with Crippen LogP contribution in [-0.4, -0.2) is 24.5 Å². The second kappa shape index (κ2) is 8.49. The number of fused-ring (bicyclic) bond motifs is 1. The van der Waals surface area contributed by atoms with Crippen molar-refractivity contribution in [2.45, 2.75) is 45.2 Å². The third-order valence-corrected chi connectivity index (χ3v) is 6.89. The van der Waals surface area contributed by atoms with Gasteiger partial charge >= 0.3 is 6.18 Å². The minimum atomic E-state index is -4.30. The number of hydrogen-bond donors (Lipinski definition) is 0. The van der Waals surface area contributed by atoms with Crippen LogP contribution < -0.4 is 0 Å². The summed E-state index contributed by atoms with van der Waals surface area (Å²) in [5.74, 6) is 0. The first-order valence-corrected chi connectivity index (χ1v) is 11.2. The molecule has 2 aromatic carbocycles. The van der Waals surface area contributed by atoms with Crippen LogP contribution in [0.2, 0.25) is 0 Å². The molecule has 1 aliphatic heterocycles. The van der Waals surface area contributed by atoms with E-state index in [0.29, 0.717) is 0 Å². The van der Waals surface area contributed by atoms with Gasteiger partial charge in [-0.25, -0.2) is 0 Å². The van der Waals surface area contributed by atoms with Crippen LogP contribution in [0.5, 0.6) is 0 Å². The van der Waals surface area contributed by atoms with E-state index in [-0.39, 0.29) is 0 Å². The lowest BCUT2D eigenvalue weighted by molar-refractivity contribution is -0.137. The van der Waals surface area contributed by atoms with Crippen molar-refractivity contribution in [3.05, 3.63) is 58.5 Å². The number of rotatable bonds is 5. The summed E-state index contributed by atoms with van der Waals surface area (Å²) in [5, 5.41) is 1.13. The van der Waals surface area contributed by atoms with Gasteiger partial charge in [0.05, 0.1) is 5.56 Å². The second-order valence-corrected chi connectivity index (χ2v) is 9.20. The van der Waals surface area contributed by atoms with Crippen molar-refractivity contribution >= 4 is 21.4 Å². The Labute approximate surface area is 174 Å². The predicted octanol–water partition coefficient (Wildman–Crippen LogP) is 7.31. The van der Waals surface area contributed by atoms with Crippen molar-refractivity contribution in [1.29, 1.82) is 0 Å². The molecule has 1 fully saturated rings. The molecule has 0 spiro atoms. The zero-order valence-electron chi connectivity index (χ0n) is 16.7. The fourth-order valence-corrected chi connectivity index (χ4v) is 5.44. The molecule has 1 saturated heterocycles. The lowest BCUT2D eigenvalue weighted by Crippen LogP contribution is -2.30. The van der Waals surface area contributed by atoms with Crippen LogP contribution in [0.4, 0.5) is 13.2 Å². The molecule has 2 heterocycles. The van der Waals surface area contributed by atoms with Gasteiger partial charge in [-0.05, 0) is 81.6 Å². The molecule has 0 amide bonds. The Kier molecular flexibility index (Phi) is 5.98. The number of alkyl halides is 3. The van der Waals surface area contributed by atoms with Crippen LogP contribution in [0.3, 0.4) is 0 Å². The van der Waals surface area contributed by atoms with Gasteiger partial charge in [0, 0.05) is 20.5 Å². The second-order valence-electron chi connectivity index (χ2n) is 7.94. The molecule has 4 rings (SSSR count). The number of nitrogens with zero attached hydrogens (tertiary/aromatic N) is 1. The summed E-state index contributed by atoms with van der Waals surface area (Å²) in [7, 11) is 0. The highest BCUT2D eigenvalue weighted by atomic mass is 32.1. The van der Waals surface area contributed by atoms with Crippen molar-refractivity contribution in [1.82, 2.24) is 4.90 Å². The third-order valence-electron chi connectivity index (χ3n) is 5.82. The normalized spacial score (nSPS) is 15.9. The molecule has 0 N–H and O–H groups in total. The quantitative estimate of drug-likeness (QED) is 0.420. The lowest BCUT2D eigenvalue weighted by atomic mass is 9.99. The SMILES string of the molecule is Cc1sc2cc(CCCN3CCCCC3)ccc2c1-c1ccc(C(F)(F)F)cc1. The van der Waals surface area contributed by atoms with Crippen LogP contribution >= 0.6 is 11.3 Å². The molecule has 1 aromatic heterocycles. The Morgan fingerprint density at radius 3 is 2.38 bits per heavy atom. The first-order chi connectivity index (χ1) is 13.9. The molecule has 154 valence electrons. The Balaban J connectivity index is 1.50. The van der Waals surface area contributed by atoms with Crippen molar-refractivity contribution in [3.63, 3.8) is 0 Å². The molecule has 0 atom stereocenters. The Bertz CT molecular complexity index is 966. The van der Waals surface area contributed by atoms with Crippen molar-refractivity contribution in [2.24, 2.45) is 0 Å². The van der Waals surface area contributed by atoms with Gasteiger partial charge < -0.3 is 4.90 Å². The van der Waals surface area contributed by atoms with Crippen LogP contribution in [0, 0.1) is 6.92 Å². The van der Waals surface area contributed by atoms with E-state index in [1.54, 1.807) is 23.5 Å². The highest BCUT2D eigenvalue weighted by Gasteiger charge is 2.30. The van der Waals surface area contributed by atoms with E-state index in [9.17, 15) is 13.2 Å². The molecule has 0 bridgehead atoms. The molecule has 0 radical (unpaired) electrons. The average Bonchev–Trinajstić information content (AvgIpc) is 3.03. The summed E-state index contributed by atoms with van der Waals surface area (Å²) in [4.78, 5) is 3.71. The molecule has 0 aliphatic carbocycles. The molecule has 1 aliphatic rings. The van der Waals surface area contributed by atoms with Crippen molar-refractivity contribution < 1.29 is 13.2 Å². The summed E-state index contributed by atoms with van der Waals surface area (Å²) in [6.45, 7) is 5.69. The molecule has 0 unspecified atom stereocenters. The number of halogens is 3. The molecule has 3 aromatic rings. The van der Waals surface area contributed by atoms with E-state index < -0.39 is 11.7 Å². The van der Waals surface area contributed by atoms with Crippen LogP contribution in [0.15, 0.2) is 42.5 Å². The molecule has 0 saturated carbocycles. The average molecular weight is 418 g/mol. The standard InChI is InChI=1S/C24H26F3NS/c1-17-23(19-8-10-20(11-9-19)24(25,26)27)21-12-7-18(16-22(21)29-17)6-5-15-28-13-3-2-4-14-28/h7-12,16H,2-6,13-15H2,1H3. The van der Waals surface area contributed by atoms with E-state index in [1.165, 1.54) is 61.2 Å². The molecular weight excluding hydrogens is 391 g/mol. The van der Waals surface area contributed by atoms with Gasteiger partial charge in [0.25, 0.3) is 0 Å². The van der Waals surface area contributed by atoms with Gasteiger partial charge in [0.2, 0.25) is 0 Å². The lowest BCUT2D eigenvalue weighted by Gasteiger charge is -2.26. The minimum Gasteiger partial charge on any atom is -0.303 e. The smallest absolute Gasteiger partial charge is 0.303 e. The maximum atomic E-state index is 12.9. The van der Waals surface area contributed by atoms with Gasteiger partial charge in [0.1, 0.15) is 0 Å². The Hall–Kier alpha value is -1.85. The van der Waals surface area contributed by atoms with E-state index in [2.05, 4.69) is 23.1 Å². The zero-order chi connectivity index (χ0) is 20.4. The topological polar surface area (TPSA) is 3.24 Å². The Morgan fingerprint density at radius 1 is 0.966 bits per heavy atom. The molecule has 1 nitrogen and oxygen atoms in total. The van der Waals surface area contributed by atoms with Crippen LogP contribution in [-0.2, 0) is 12.6 Å². The third kappa shape index (κ3) is 4.67. The van der Waals surface area contributed by atoms with Crippen molar-refractivity contribution in [3.8, 4) is 11.1 Å². The maximum Gasteiger partial charge on any atom is 0.416 e. The first-order valence-electron chi connectivity index (χ1n) is 10.3. The summed E-state index contributed by atoms with van der Waals surface area (Å²) >= 11 is 1.73.